The smallest absolute Gasteiger partial charge is 0.316 e. The van der Waals surface area contributed by atoms with Gasteiger partial charge in [-0.15, -0.1) is 0 Å². The Kier molecular flexibility index (Phi) is 5.04. The third-order valence-electron chi connectivity index (χ3n) is 5.37. The molecule has 3 heterocycles. The molecule has 1 aliphatic heterocycles. The maximum atomic E-state index is 12.4. The maximum absolute atomic E-state index is 12.4. The number of nitrogens with one attached hydrogen (secondary N) is 1. The number of hydrogen-bond acceptors (Lipinski definition) is 7. The molecule has 148 valence electrons. The summed E-state index contributed by atoms with van der Waals surface area (Å²) in [6.45, 7) is 6.69. The molecule has 1 saturated heterocycles. The van der Waals surface area contributed by atoms with Crippen molar-refractivity contribution in [2.75, 3.05) is 26.7 Å². The number of carbonyl (C=O) groups excluding carboxylic acids is 1. The molecule has 0 aliphatic carbocycles. The Hall–Kier alpha value is -2.87. The first-order valence-electron chi connectivity index (χ1n) is 9.54. The van der Waals surface area contributed by atoms with E-state index in [2.05, 4.69) is 27.3 Å². The summed E-state index contributed by atoms with van der Waals surface area (Å²) in [5, 5.41) is 7.75. The van der Waals surface area contributed by atoms with Gasteiger partial charge in [0.2, 0.25) is 5.82 Å². The predicted molar refractivity (Wildman–Crippen MR) is 103 cm³/mol. The van der Waals surface area contributed by atoms with Gasteiger partial charge in [-0.3, -0.25) is 9.69 Å². The monoisotopic (exact) mass is 384 g/mol. The van der Waals surface area contributed by atoms with Gasteiger partial charge in [-0.05, 0) is 51.1 Å². The van der Waals surface area contributed by atoms with Gasteiger partial charge in [0.15, 0.2) is 5.76 Å². The van der Waals surface area contributed by atoms with Crippen LogP contribution in [0.25, 0.3) is 22.6 Å². The second-order valence-corrected chi connectivity index (χ2v) is 6.98. The molecular weight excluding hydrogens is 360 g/mol. The molecule has 1 atom stereocenters. The third-order valence-corrected chi connectivity index (χ3v) is 5.37. The van der Waals surface area contributed by atoms with E-state index in [9.17, 15) is 4.79 Å². The van der Waals surface area contributed by atoms with E-state index in [1.54, 1.807) is 7.11 Å². The topological polar surface area (TPSA) is 93.6 Å². The van der Waals surface area contributed by atoms with Crippen LogP contribution in [-0.4, -0.2) is 53.7 Å². The lowest BCUT2D eigenvalue weighted by molar-refractivity contribution is 0.0897. The normalized spacial score (nSPS) is 17.3. The van der Waals surface area contributed by atoms with Crippen LogP contribution in [-0.2, 0) is 0 Å². The van der Waals surface area contributed by atoms with E-state index >= 15 is 0 Å². The maximum Gasteiger partial charge on any atom is 0.316 e. The van der Waals surface area contributed by atoms with Crippen LogP contribution in [0.4, 0.5) is 0 Å². The molecule has 8 heteroatoms. The zero-order valence-electron chi connectivity index (χ0n) is 16.3. The highest BCUT2D eigenvalue weighted by atomic mass is 16.5. The molecule has 28 heavy (non-hydrogen) atoms. The Morgan fingerprint density at radius 3 is 3.07 bits per heavy atom. The fourth-order valence-electron chi connectivity index (χ4n) is 3.78. The quantitative estimate of drug-likeness (QED) is 0.698. The summed E-state index contributed by atoms with van der Waals surface area (Å²) >= 11 is 0. The van der Waals surface area contributed by atoms with Gasteiger partial charge < -0.3 is 19.0 Å². The van der Waals surface area contributed by atoms with E-state index in [0.717, 1.165) is 42.6 Å². The van der Waals surface area contributed by atoms with Crippen molar-refractivity contribution < 1.29 is 18.5 Å². The van der Waals surface area contributed by atoms with Crippen molar-refractivity contribution in [1.82, 2.24) is 20.4 Å². The number of likely N-dealkylation sites (N-methyl/N-ethyl adjacent to an activating group) is 1. The summed E-state index contributed by atoms with van der Waals surface area (Å²) in [5.41, 5.74) is 1.57. The van der Waals surface area contributed by atoms with Gasteiger partial charge in [-0.2, -0.15) is 4.98 Å². The summed E-state index contributed by atoms with van der Waals surface area (Å²) in [4.78, 5) is 19.0. The van der Waals surface area contributed by atoms with Crippen LogP contribution in [0.2, 0.25) is 0 Å². The van der Waals surface area contributed by atoms with Gasteiger partial charge in [0.25, 0.3) is 0 Å². The summed E-state index contributed by atoms with van der Waals surface area (Å²) in [7, 11) is 1.62. The lowest BCUT2D eigenvalue weighted by Crippen LogP contribution is -2.40. The second-order valence-electron chi connectivity index (χ2n) is 6.98. The number of rotatable bonds is 6. The van der Waals surface area contributed by atoms with Crippen LogP contribution in [0.15, 0.2) is 27.1 Å². The zero-order chi connectivity index (χ0) is 19.7. The van der Waals surface area contributed by atoms with Gasteiger partial charge in [-0.1, -0.05) is 12.1 Å². The van der Waals surface area contributed by atoms with Crippen molar-refractivity contribution in [3.8, 4) is 17.3 Å². The molecule has 8 nitrogen and oxygen atoms in total. The van der Waals surface area contributed by atoms with Crippen LogP contribution < -0.4 is 10.1 Å². The van der Waals surface area contributed by atoms with Gasteiger partial charge in [0.1, 0.15) is 11.3 Å². The van der Waals surface area contributed by atoms with Gasteiger partial charge in [-0.25, -0.2) is 0 Å². The van der Waals surface area contributed by atoms with E-state index in [1.807, 2.05) is 25.1 Å². The molecule has 0 bridgehead atoms. The molecule has 3 aromatic rings. The minimum Gasteiger partial charge on any atom is -0.497 e. The first kappa shape index (κ1) is 18.5. The highest BCUT2D eigenvalue weighted by molar-refractivity contribution is 5.91. The Bertz CT molecular complexity index is 993. The van der Waals surface area contributed by atoms with E-state index in [4.69, 9.17) is 13.7 Å². The highest BCUT2D eigenvalue weighted by Crippen LogP contribution is 2.33. The SMILES string of the molecule is CCN1CCCC1CNC(=O)c1nc(-c2oc3ccc(OC)cc3c2C)no1. The number of methoxy groups -OCH3 is 1. The average Bonchev–Trinajstić information content (AvgIpc) is 3.44. The lowest BCUT2D eigenvalue weighted by Gasteiger charge is -2.22. The molecule has 1 unspecified atom stereocenters. The Balaban J connectivity index is 1.50. The summed E-state index contributed by atoms with van der Waals surface area (Å²) in [6.07, 6.45) is 2.25. The van der Waals surface area contributed by atoms with E-state index in [0.29, 0.717) is 23.9 Å². The highest BCUT2D eigenvalue weighted by Gasteiger charge is 2.25. The van der Waals surface area contributed by atoms with Crippen molar-refractivity contribution in [3.63, 3.8) is 0 Å². The molecule has 4 rings (SSSR count). The van der Waals surface area contributed by atoms with Crippen LogP contribution in [0.5, 0.6) is 5.75 Å². The van der Waals surface area contributed by atoms with Crippen LogP contribution >= 0.6 is 0 Å². The van der Waals surface area contributed by atoms with E-state index in [1.165, 1.54) is 0 Å². The molecular formula is C20H24N4O4. The Morgan fingerprint density at radius 1 is 1.43 bits per heavy atom. The minimum atomic E-state index is -0.364. The number of ether oxygens (including phenoxy) is 1. The van der Waals surface area contributed by atoms with Gasteiger partial charge >= 0.3 is 11.8 Å². The Morgan fingerprint density at radius 2 is 2.29 bits per heavy atom. The number of furan rings is 1. The number of fused-ring (bicyclic) bond motifs is 1. The molecule has 1 fully saturated rings. The van der Waals surface area contributed by atoms with Crippen LogP contribution in [0.3, 0.4) is 0 Å². The number of benzene rings is 1. The molecule has 1 amide bonds. The fourth-order valence-corrected chi connectivity index (χ4v) is 3.78. The van der Waals surface area contributed by atoms with Crippen molar-refractivity contribution in [1.29, 1.82) is 0 Å². The Labute approximate surface area is 162 Å². The van der Waals surface area contributed by atoms with E-state index in [-0.39, 0.29) is 17.6 Å². The number of carbonyl (C=O) groups is 1. The summed E-state index contributed by atoms with van der Waals surface area (Å²) < 4.78 is 16.3. The molecule has 2 aromatic heterocycles. The molecule has 0 saturated carbocycles. The number of amides is 1. The van der Waals surface area contributed by atoms with Crippen molar-refractivity contribution >= 4 is 16.9 Å². The number of likely N-dealkylation sites (tertiary alicyclic amines) is 1. The van der Waals surface area contributed by atoms with Crippen molar-refractivity contribution in [2.45, 2.75) is 32.7 Å². The molecule has 1 aromatic carbocycles. The molecule has 0 spiro atoms. The standard InChI is InChI=1S/C20H24N4O4/c1-4-24-9-5-6-13(24)11-21-19(25)20-22-18(23-28-20)17-12(2)15-10-14(26-3)7-8-16(15)27-17/h7-8,10,13H,4-6,9,11H2,1-3H3,(H,21,25). The first-order valence-corrected chi connectivity index (χ1v) is 9.54. The first-order chi connectivity index (χ1) is 13.6. The second kappa shape index (κ2) is 7.63. The predicted octanol–water partition coefficient (Wildman–Crippen LogP) is 3.01. The summed E-state index contributed by atoms with van der Waals surface area (Å²) in [6, 6.07) is 5.92. The third kappa shape index (κ3) is 3.35. The molecule has 1 N–H and O–H groups in total. The largest absolute Gasteiger partial charge is 0.497 e. The van der Waals surface area contributed by atoms with Crippen molar-refractivity contribution in [2.24, 2.45) is 0 Å². The molecule has 0 radical (unpaired) electrons. The van der Waals surface area contributed by atoms with E-state index < -0.39 is 0 Å². The van der Waals surface area contributed by atoms with Crippen molar-refractivity contribution in [3.05, 3.63) is 29.7 Å². The number of hydrogen-bond donors (Lipinski definition) is 1. The minimum absolute atomic E-state index is 0.0616. The fraction of sp³-hybridized carbons (Fsp3) is 0.450. The number of aryl methyl sites for hydroxylation is 1. The average molecular weight is 384 g/mol. The van der Waals surface area contributed by atoms with Crippen LogP contribution in [0, 0.1) is 6.92 Å². The number of nitrogens with zero attached hydrogens (tertiary/aromatic N) is 3. The van der Waals surface area contributed by atoms with Crippen LogP contribution in [0.1, 0.15) is 36.0 Å². The van der Waals surface area contributed by atoms with Gasteiger partial charge in [0.05, 0.1) is 7.11 Å². The number of aromatic nitrogens is 2. The zero-order valence-corrected chi connectivity index (χ0v) is 16.3. The van der Waals surface area contributed by atoms with Gasteiger partial charge in [0, 0.05) is 23.5 Å². The summed E-state index contributed by atoms with van der Waals surface area (Å²) in [5.74, 6) is 1.06. The lowest BCUT2D eigenvalue weighted by atomic mass is 10.1. The molecule has 1 aliphatic rings.